The van der Waals surface area contributed by atoms with E-state index < -0.39 is 6.04 Å². The first kappa shape index (κ1) is 16.7. The fraction of sp³-hybridized carbons (Fsp3) is 0.462. The van der Waals surface area contributed by atoms with Crippen LogP contribution in [0.3, 0.4) is 0 Å². The predicted molar refractivity (Wildman–Crippen MR) is 75.3 cm³/mol. The van der Waals surface area contributed by atoms with Crippen molar-refractivity contribution < 1.29 is 9.53 Å². The van der Waals surface area contributed by atoms with E-state index in [0.29, 0.717) is 6.54 Å². The van der Waals surface area contributed by atoms with Crippen LogP contribution in [-0.4, -0.2) is 25.6 Å². The second-order valence-corrected chi connectivity index (χ2v) is 4.15. The van der Waals surface area contributed by atoms with Gasteiger partial charge in [-0.3, -0.25) is 4.79 Å². The van der Waals surface area contributed by atoms with Crippen LogP contribution in [0, 0.1) is 6.92 Å². The molecule has 0 aromatic heterocycles. The summed E-state index contributed by atoms with van der Waals surface area (Å²) in [6.07, 6.45) is 0.739. The minimum Gasteiger partial charge on any atom is -0.496 e. The SMILES string of the molecule is COc1ccc(C)cc1CCNC(=O)[C@@H](C)N.Cl. The molecule has 0 saturated heterocycles. The van der Waals surface area contributed by atoms with Crippen molar-refractivity contribution in [3.05, 3.63) is 29.3 Å². The van der Waals surface area contributed by atoms with Crippen molar-refractivity contribution in [1.29, 1.82) is 0 Å². The topological polar surface area (TPSA) is 64.3 Å². The molecule has 0 fully saturated rings. The zero-order valence-corrected chi connectivity index (χ0v) is 11.8. The lowest BCUT2D eigenvalue weighted by molar-refractivity contribution is -0.121. The zero-order chi connectivity index (χ0) is 12.8. The second-order valence-electron chi connectivity index (χ2n) is 4.15. The summed E-state index contributed by atoms with van der Waals surface area (Å²) in [6, 6.07) is 5.55. The van der Waals surface area contributed by atoms with Crippen LogP contribution in [0.15, 0.2) is 18.2 Å². The third-order valence-electron chi connectivity index (χ3n) is 2.54. The summed E-state index contributed by atoms with van der Waals surface area (Å²) in [5, 5.41) is 2.78. The maximum Gasteiger partial charge on any atom is 0.236 e. The van der Waals surface area contributed by atoms with Gasteiger partial charge < -0.3 is 15.8 Å². The second kappa shape index (κ2) is 7.95. The highest BCUT2D eigenvalue weighted by molar-refractivity contribution is 5.85. The van der Waals surface area contributed by atoms with Gasteiger partial charge in [0.1, 0.15) is 5.75 Å². The molecule has 0 aliphatic rings. The number of nitrogens with one attached hydrogen (secondary N) is 1. The number of halogens is 1. The van der Waals surface area contributed by atoms with E-state index in [1.165, 1.54) is 5.56 Å². The Bertz CT molecular complexity index is 395. The lowest BCUT2D eigenvalue weighted by Gasteiger charge is -2.11. The van der Waals surface area contributed by atoms with Crippen molar-refractivity contribution in [3.8, 4) is 5.75 Å². The number of ether oxygens (including phenoxy) is 1. The molecule has 1 rings (SSSR count). The van der Waals surface area contributed by atoms with Crippen LogP contribution in [0.2, 0.25) is 0 Å². The van der Waals surface area contributed by atoms with Gasteiger partial charge in [0, 0.05) is 6.54 Å². The smallest absolute Gasteiger partial charge is 0.236 e. The molecule has 0 aliphatic heterocycles. The van der Waals surface area contributed by atoms with E-state index in [2.05, 4.69) is 11.4 Å². The van der Waals surface area contributed by atoms with Crippen LogP contribution in [0.5, 0.6) is 5.75 Å². The average molecular weight is 273 g/mol. The number of hydrogen-bond donors (Lipinski definition) is 2. The number of rotatable bonds is 5. The van der Waals surface area contributed by atoms with Gasteiger partial charge >= 0.3 is 0 Å². The van der Waals surface area contributed by atoms with E-state index in [9.17, 15) is 4.79 Å². The van der Waals surface area contributed by atoms with Gasteiger partial charge in [-0.2, -0.15) is 0 Å². The predicted octanol–water partition coefficient (Wildman–Crippen LogP) is 1.43. The molecule has 5 heteroatoms. The van der Waals surface area contributed by atoms with E-state index in [4.69, 9.17) is 10.5 Å². The summed E-state index contributed by atoms with van der Waals surface area (Å²) in [6.45, 7) is 4.27. The standard InChI is InChI=1S/C13H20N2O2.ClH/c1-9-4-5-12(17-3)11(8-9)6-7-15-13(16)10(2)14;/h4-5,8,10H,6-7,14H2,1-3H3,(H,15,16);1H/t10-;/m1./s1. The molecule has 0 bridgehead atoms. The molecule has 1 atom stereocenters. The van der Waals surface area contributed by atoms with E-state index >= 15 is 0 Å². The number of methoxy groups -OCH3 is 1. The minimum atomic E-state index is -0.464. The molecule has 4 nitrogen and oxygen atoms in total. The average Bonchev–Trinajstić information content (AvgIpc) is 2.29. The number of nitrogens with two attached hydrogens (primary N) is 1. The molecule has 0 radical (unpaired) electrons. The fourth-order valence-electron chi connectivity index (χ4n) is 1.58. The van der Waals surface area contributed by atoms with Crippen molar-refractivity contribution in [2.45, 2.75) is 26.3 Å². The van der Waals surface area contributed by atoms with Gasteiger partial charge in [0.2, 0.25) is 5.91 Å². The first-order chi connectivity index (χ1) is 8.04. The number of benzene rings is 1. The summed E-state index contributed by atoms with van der Waals surface area (Å²) in [5.41, 5.74) is 7.73. The fourth-order valence-corrected chi connectivity index (χ4v) is 1.58. The third kappa shape index (κ3) is 4.94. The Balaban J connectivity index is 0.00000289. The van der Waals surface area contributed by atoms with Crippen molar-refractivity contribution in [3.63, 3.8) is 0 Å². The maximum atomic E-state index is 11.3. The maximum absolute atomic E-state index is 11.3. The number of carbonyl (C=O) groups is 1. The van der Waals surface area contributed by atoms with Crippen molar-refractivity contribution >= 4 is 18.3 Å². The minimum absolute atomic E-state index is 0. The van der Waals surface area contributed by atoms with Gasteiger partial charge in [0.05, 0.1) is 13.2 Å². The molecule has 3 N–H and O–H groups in total. The van der Waals surface area contributed by atoms with E-state index in [-0.39, 0.29) is 18.3 Å². The first-order valence-corrected chi connectivity index (χ1v) is 5.71. The van der Waals surface area contributed by atoms with Crippen LogP contribution in [0.1, 0.15) is 18.1 Å². The van der Waals surface area contributed by atoms with Gasteiger partial charge in [0.15, 0.2) is 0 Å². The number of aryl methyl sites for hydroxylation is 1. The monoisotopic (exact) mass is 272 g/mol. The summed E-state index contributed by atoms with van der Waals surface area (Å²) in [7, 11) is 1.65. The summed E-state index contributed by atoms with van der Waals surface area (Å²) >= 11 is 0. The molecule has 102 valence electrons. The number of amides is 1. The Morgan fingerprint density at radius 2 is 2.17 bits per heavy atom. The quantitative estimate of drug-likeness (QED) is 0.852. The van der Waals surface area contributed by atoms with Gasteiger partial charge in [-0.05, 0) is 31.9 Å². The lowest BCUT2D eigenvalue weighted by Crippen LogP contribution is -2.39. The molecule has 18 heavy (non-hydrogen) atoms. The summed E-state index contributed by atoms with van der Waals surface area (Å²) in [4.78, 5) is 11.3. The van der Waals surface area contributed by atoms with E-state index in [0.717, 1.165) is 17.7 Å². The summed E-state index contributed by atoms with van der Waals surface area (Å²) in [5.74, 6) is 0.724. The van der Waals surface area contributed by atoms with E-state index in [1.54, 1.807) is 14.0 Å². The highest BCUT2D eigenvalue weighted by Crippen LogP contribution is 2.19. The van der Waals surface area contributed by atoms with Gasteiger partial charge in [-0.15, -0.1) is 12.4 Å². The molecule has 0 saturated carbocycles. The van der Waals surface area contributed by atoms with Crippen LogP contribution in [0.25, 0.3) is 0 Å². The lowest BCUT2D eigenvalue weighted by atomic mass is 10.1. The van der Waals surface area contributed by atoms with Crippen LogP contribution >= 0.6 is 12.4 Å². The van der Waals surface area contributed by atoms with Gasteiger partial charge in [-0.25, -0.2) is 0 Å². The Kier molecular flexibility index (Phi) is 7.39. The van der Waals surface area contributed by atoms with Crippen molar-refractivity contribution in [2.24, 2.45) is 5.73 Å². The molecule has 1 aromatic carbocycles. The molecule has 0 spiro atoms. The Hall–Kier alpha value is -1.26. The third-order valence-corrected chi connectivity index (χ3v) is 2.54. The molecule has 0 heterocycles. The molecular formula is C13H21ClN2O2. The molecule has 0 aliphatic carbocycles. The van der Waals surface area contributed by atoms with Crippen LogP contribution in [-0.2, 0) is 11.2 Å². The first-order valence-electron chi connectivity index (χ1n) is 5.71. The zero-order valence-electron chi connectivity index (χ0n) is 11.0. The Labute approximate surface area is 114 Å². The molecule has 0 unspecified atom stereocenters. The van der Waals surface area contributed by atoms with Gasteiger partial charge in [0.25, 0.3) is 0 Å². The highest BCUT2D eigenvalue weighted by atomic mass is 35.5. The van der Waals surface area contributed by atoms with Crippen LogP contribution in [0.4, 0.5) is 0 Å². The number of hydrogen-bond acceptors (Lipinski definition) is 3. The normalized spacial score (nSPS) is 11.3. The number of carbonyl (C=O) groups excluding carboxylic acids is 1. The molecule has 1 amide bonds. The van der Waals surface area contributed by atoms with Crippen molar-refractivity contribution in [1.82, 2.24) is 5.32 Å². The highest BCUT2D eigenvalue weighted by Gasteiger charge is 2.07. The van der Waals surface area contributed by atoms with Crippen LogP contribution < -0.4 is 15.8 Å². The molecule has 1 aromatic rings. The summed E-state index contributed by atoms with van der Waals surface area (Å²) < 4.78 is 5.27. The van der Waals surface area contributed by atoms with Gasteiger partial charge in [-0.1, -0.05) is 17.7 Å². The van der Waals surface area contributed by atoms with E-state index in [1.807, 2.05) is 19.1 Å². The largest absolute Gasteiger partial charge is 0.496 e. The Morgan fingerprint density at radius 3 is 2.72 bits per heavy atom. The van der Waals surface area contributed by atoms with Crippen molar-refractivity contribution in [2.75, 3.05) is 13.7 Å². The Morgan fingerprint density at radius 1 is 1.50 bits per heavy atom. The molecular weight excluding hydrogens is 252 g/mol.